The molecule has 0 bridgehead atoms. The summed E-state index contributed by atoms with van der Waals surface area (Å²) in [6.45, 7) is 1.69. The quantitative estimate of drug-likeness (QED) is 0.500. The summed E-state index contributed by atoms with van der Waals surface area (Å²) in [6.07, 6.45) is 0. The zero-order valence-corrected chi connectivity index (χ0v) is 13.9. The molecule has 0 atom stereocenters. The molecule has 0 radical (unpaired) electrons. The molecule has 0 N–H and O–H groups in total. The van der Waals surface area contributed by atoms with Gasteiger partial charge >= 0.3 is 0 Å². The summed E-state index contributed by atoms with van der Waals surface area (Å²) in [5, 5.41) is 10.0. The Balaban J connectivity index is 1.87. The average Bonchev–Trinajstić information content (AvgIpc) is 3.27. The third-order valence-electron chi connectivity index (χ3n) is 3.44. The SMILES string of the molecule is Cc1onc(-c2c(F)cccc2Cl)c1-c1nc(-c2cccs2)no1. The van der Waals surface area contributed by atoms with Gasteiger partial charge in [0.2, 0.25) is 5.82 Å². The van der Waals surface area contributed by atoms with E-state index in [9.17, 15) is 4.39 Å². The second kappa shape index (κ2) is 5.85. The van der Waals surface area contributed by atoms with Crippen LogP contribution >= 0.6 is 22.9 Å². The van der Waals surface area contributed by atoms with Gasteiger partial charge < -0.3 is 9.05 Å². The number of nitrogens with zero attached hydrogens (tertiary/aromatic N) is 3. The molecule has 4 aromatic rings. The van der Waals surface area contributed by atoms with Crippen LogP contribution in [0.3, 0.4) is 0 Å². The van der Waals surface area contributed by atoms with Gasteiger partial charge in [0, 0.05) is 0 Å². The topological polar surface area (TPSA) is 65.0 Å². The van der Waals surface area contributed by atoms with Crippen molar-refractivity contribution in [2.45, 2.75) is 6.92 Å². The normalized spacial score (nSPS) is 11.1. The molecule has 1 aromatic carbocycles. The molecule has 0 spiro atoms. The van der Waals surface area contributed by atoms with Crippen LogP contribution in [0.25, 0.3) is 33.4 Å². The Labute approximate surface area is 144 Å². The van der Waals surface area contributed by atoms with E-state index in [4.69, 9.17) is 20.6 Å². The number of aryl methyl sites for hydroxylation is 1. The van der Waals surface area contributed by atoms with Crippen LogP contribution in [0.5, 0.6) is 0 Å². The third-order valence-corrected chi connectivity index (χ3v) is 4.62. The molecule has 8 heteroatoms. The maximum atomic E-state index is 14.2. The van der Waals surface area contributed by atoms with Crippen LogP contribution in [0.15, 0.2) is 44.8 Å². The molecule has 0 aliphatic rings. The number of aromatic nitrogens is 3. The van der Waals surface area contributed by atoms with E-state index in [2.05, 4.69) is 15.3 Å². The van der Waals surface area contributed by atoms with Crippen molar-refractivity contribution in [3.05, 3.63) is 52.3 Å². The van der Waals surface area contributed by atoms with E-state index in [1.807, 2.05) is 17.5 Å². The van der Waals surface area contributed by atoms with E-state index in [0.29, 0.717) is 17.1 Å². The van der Waals surface area contributed by atoms with Crippen molar-refractivity contribution in [1.82, 2.24) is 15.3 Å². The van der Waals surface area contributed by atoms with Gasteiger partial charge in [-0.15, -0.1) is 11.3 Å². The number of benzene rings is 1. The molecule has 3 aromatic heterocycles. The molecule has 0 saturated heterocycles. The summed E-state index contributed by atoms with van der Waals surface area (Å²) < 4.78 is 24.8. The van der Waals surface area contributed by atoms with Gasteiger partial charge in [-0.25, -0.2) is 4.39 Å². The predicted molar refractivity (Wildman–Crippen MR) is 88.2 cm³/mol. The lowest BCUT2D eigenvalue weighted by atomic mass is 10.1. The third kappa shape index (κ3) is 2.42. The van der Waals surface area contributed by atoms with E-state index >= 15 is 0 Å². The van der Waals surface area contributed by atoms with Crippen molar-refractivity contribution in [3.8, 4) is 33.4 Å². The Morgan fingerprint density at radius 3 is 2.71 bits per heavy atom. The minimum Gasteiger partial charge on any atom is -0.360 e. The van der Waals surface area contributed by atoms with E-state index in [1.165, 1.54) is 23.5 Å². The Bertz CT molecular complexity index is 990. The monoisotopic (exact) mass is 361 g/mol. The Kier molecular flexibility index (Phi) is 3.66. The molecule has 0 unspecified atom stereocenters. The summed E-state index contributed by atoms with van der Waals surface area (Å²) in [4.78, 5) is 5.23. The van der Waals surface area contributed by atoms with Crippen LogP contribution in [0.2, 0.25) is 5.02 Å². The first-order valence-electron chi connectivity index (χ1n) is 6.93. The highest BCUT2D eigenvalue weighted by Gasteiger charge is 2.26. The van der Waals surface area contributed by atoms with Gasteiger partial charge in [0.05, 0.1) is 15.5 Å². The molecule has 3 heterocycles. The Hall–Kier alpha value is -2.51. The molecule has 4 rings (SSSR count). The molecule has 0 fully saturated rings. The lowest BCUT2D eigenvalue weighted by molar-refractivity contribution is 0.397. The molecular weight excluding hydrogens is 353 g/mol. The van der Waals surface area contributed by atoms with Crippen molar-refractivity contribution in [1.29, 1.82) is 0 Å². The minimum atomic E-state index is -0.505. The van der Waals surface area contributed by atoms with Crippen molar-refractivity contribution >= 4 is 22.9 Å². The van der Waals surface area contributed by atoms with Gasteiger partial charge in [0.15, 0.2) is 0 Å². The highest BCUT2D eigenvalue weighted by atomic mass is 35.5. The van der Waals surface area contributed by atoms with Crippen molar-refractivity contribution < 1.29 is 13.4 Å². The van der Waals surface area contributed by atoms with Gasteiger partial charge in [-0.3, -0.25) is 0 Å². The van der Waals surface area contributed by atoms with E-state index in [-0.39, 0.29) is 22.2 Å². The Morgan fingerprint density at radius 1 is 1.08 bits per heavy atom. The molecule has 0 aliphatic heterocycles. The lowest BCUT2D eigenvalue weighted by Gasteiger charge is -2.03. The first kappa shape index (κ1) is 15.0. The number of hydrogen-bond donors (Lipinski definition) is 0. The fourth-order valence-electron chi connectivity index (χ4n) is 2.35. The fourth-order valence-corrected chi connectivity index (χ4v) is 3.25. The van der Waals surface area contributed by atoms with Gasteiger partial charge in [-0.1, -0.05) is 34.0 Å². The smallest absolute Gasteiger partial charge is 0.264 e. The molecule has 0 saturated carbocycles. The zero-order chi connectivity index (χ0) is 16.7. The van der Waals surface area contributed by atoms with Gasteiger partial charge in [-0.2, -0.15) is 4.98 Å². The van der Waals surface area contributed by atoms with Crippen LogP contribution in [-0.4, -0.2) is 15.3 Å². The number of hydrogen-bond acceptors (Lipinski definition) is 6. The predicted octanol–water partition coefficient (Wildman–Crippen LogP) is 5.22. The van der Waals surface area contributed by atoms with Gasteiger partial charge in [0.1, 0.15) is 22.8 Å². The van der Waals surface area contributed by atoms with Crippen molar-refractivity contribution in [3.63, 3.8) is 0 Å². The number of halogens is 2. The summed E-state index contributed by atoms with van der Waals surface area (Å²) in [5.41, 5.74) is 0.802. The second-order valence-corrected chi connectivity index (χ2v) is 6.31. The van der Waals surface area contributed by atoms with Gasteiger partial charge in [0.25, 0.3) is 5.89 Å². The van der Waals surface area contributed by atoms with E-state index in [1.54, 1.807) is 13.0 Å². The Morgan fingerprint density at radius 2 is 1.96 bits per heavy atom. The van der Waals surface area contributed by atoms with Crippen LogP contribution in [0.4, 0.5) is 4.39 Å². The summed E-state index contributed by atoms with van der Waals surface area (Å²) in [7, 11) is 0. The van der Waals surface area contributed by atoms with Crippen LogP contribution in [-0.2, 0) is 0 Å². The molecule has 0 amide bonds. The number of rotatable bonds is 3. The second-order valence-electron chi connectivity index (χ2n) is 4.96. The fraction of sp³-hybridized carbons (Fsp3) is 0.0625. The maximum Gasteiger partial charge on any atom is 0.264 e. The maximum absolute atomic E-state index is 14.2. The standard InChI is InChI=1S/C16H9ClFN3O2S/c1-8-12(16-19-15(21-23-16)11-6-3-7-24-11)14(20-22-8)13-9(17)4-2-5-10(13)18/h2-7H,1H3. The van der Waals surface area contributed by atoms with Crippen LogP contribution in [0, 0.1) is 12.7 Å². The molecule has 0 aliphatic carbocycles. The lowest BCUT2D eigenvalue weighted by Crippen LogP contribution is -1.89. The van der Waals surface area contributed by atoms with Crippen LogP contribution < -0.4 is 0 Å². The summed E-state index contributed by atoms with van der Waals surface area (Å²) in [6, 6.07) is 8.19. The van der Waals surface area contributed by atoms with E-state index in [0.717, 1.165) is 4.88 Å². The molecule has 5 nitrogen and oxygen atoms in total. The summed E-state index contributed by atoms with van der Waals surface area (Å²) in [5.74, 6) is 0.582. The van der Waals surface area contributed by atoms with Gasteiger partial charge in [-0.05, 0) is 30.5 Å². The first-order chi connectivity index (χ1) is 11.6. The molecule has 24 heavy (non-hydrogen) atoms. The largest absolute Gasteiger partial charge is 0.360 e. The molecular formula is C16H9ClFN3O2S. The minimum absolute atomic E-state index is 0.141. The van der Waals surface area contributed by atoms with Crippen LogP contribution in [0.1, 0.15) is 5.76 Å². The summed E-state index contributed by atoms with van der Waals surface area (Å²) >= 11 is 7.62. The zero-order valence-electron chi connectivity index (χ0n) is 12.3. The highest BCUT2D eigenvalue weighted by Crippen LogP contribution is 2.38. The highest BCUT2D eigenvalue weighted by molar-refractivity contribution is 7.13. The van der Waals surface area contributed by atoms with Crippen molar-refractivity contribution in [2.24, 2.45) is 0 Å². The number of thiophene rings is 1. The average molecular weight is 362 g/mol. The van der Waals surface area contributed by atoms with E-state index < -0.39 is 5.82 Å². The first-order valence-corrected chi connectivity index (χ1v) is 8.19. The molecule has 120 valence electrons. The van der Waals surface area contributed by atoms with Crippen molar-refractivity contribution in [2.75, 3.05) is 0 Å².